The van der Waals surface area contributed by atoms with Gasteiger partial charge in [-0.05, 0) is 0 Å². The van der Waals surface area contributed by atoms with Gasteiger partial charge in [-0.25, -0.2) is 0 Å². The fourth-order valence-corrected chi connectivity index (χ4v) is 33.1. The van der Waals surface area contributed by atoms with Gasteiger partial charge in [0.1, 0.15) is 0 Å². The summed E-state index contributed by atoms with van der Waals surface area (Å²) in [5, 5.41) is 0. The summed E-state index contributed by atoms with van der Waals surface area (Å²) in [4.78, 5) is 15.6. The molecule has 2 aliphatic rings. The molecule has 0 unspecified atom stereocenters. The number of carbonyl (C=O) groups is 1. The first-order chi connectivity index (χ1) is 23.8. The Morgan fingerprint density at radius 3 is 1.66 bits per heavy atom. The molecular formula is C41H72O7SiSn. The van der Waals surface area contributed by atoms with Crippen molar-refractivity contribution in [2.24, 2.45) is 11.8 Å². The number of benzene rings is 1. The first-order valence-corrected chi connectivity index (χ1v) is 29.3. The van der Waals surface area contributed by atoms with E-state index in [2.05, 4.69) is 74.4 Å². The van der Waals surface area contributed by atoms with Crippen LogP contribution in [0.5, 0.6) is 11.5 Å². The molecule has 1 aromatic carbocycles. The zero-order chi connectivity index (χ0) is 37.4. The fourth-order valence-electron chi connectivity index (χ4n) is 10.2. The third-order valence-electron chi connectivity index (χ3n) is 12.5. The van der Waals surface area contributed by atoms with Gasteiger partial charge in [-0.2, -0.15) is 0 Å². The van der Waals surface area contributed by atoms with Crippen molar-refractivity contribution in [3.05, 3.63) is 33.1 Å². The molecule has 1 aromatic rings. The van der Waals surface area contributed by atoms with E-state index in [4.69, 9.17) is 28.1 Å². The number of rotatable bonds is 21. The Bertz CT molecular complexity index is 1230. The maximum atomic E-state index is 15.6. The van der Waals surface area contributed by atoms with Gasteiger partial charge >= 0.3 is 312 Å². The normalized spacial score (nSPS) is 22.5. The van der Waals surface area contributed by atoms with Crippen LogP contribution in [0.15, 0.2) is 27.5 Å². The summed E-state index contributed by atoms with van der Waals surface area (Å²) in [6, 6.07) is 6.24. The molecule has 0 aromatic heterocycles. The number of carbonyl (C=O) groups excluding carboxylic acids is 1. The van der Waals surface area contributed by atoms with Crippen LogP contribution in [0.3, 0.4) is 0 Å². The van der Waals surface area contributed by atoms with E-state index in [1.165, 1.54) is 13.3 Å². The number of Topliss-reactive ketones (excluding diaryl/α,β-unsaturated/α-hetero) is 1. The molecule has 0 heterocycles. The van der Waals surface area contributed by atoms with Crippen LogP contribution in [0.25, 0.3) is 0 Å². The number of fused-ring (bicyclic) bond motifs is 2. The van der Waals surface area contributed by atoms with Crippen molar-refractivity contribution in [3.8, 4) is 11.5 Å². The van der Waals surface area contributed by atoms with Crippen molar-refractivity contribution in [1.29, 1.82) is 0 Å². The van der Waals surface area contributed by atoms with Crippen LogP contribution < -0.4 is 9.47 Å². The Kier molecular flexibility index (Phi) is 16.3. The third-order valence-corrected chi connectivity index (χ3v) is 34.3. The number of hydrogen-bond acceptors (Lipinski definition) is 7. The van der Waals surface area contributed by atoms with Crippen molar-refractivity contribution in [3.63, 3.8) is 0 Å². The summed E-state index contributed by atoms with van der Waals surface area (Å²) >= 11 is -3.37. The van der Waals surface area contributed by atoms with Gasteiger partial charge in [-0.1, -0.05) is 0 Å². The van der Waals surface area contributed by atoms with E-state index in [0.29, 0.717) is 34.5 Å². The fraction of sp³-hybridized carbons (Fsp3) is 0.780. The molecule has 50 heavy (non-hydrogen) atoms. The van der Waals surface area contributed by atoms with Crippen molar-refractivity contribution in [2.45, 2.75) is 155 Å². The zero-order valence-electron chi connectivity index (χ0n) is 34.2. The van der Waals surface area contributed by atoms with E-state index < -0.39 is 38.4 Å². The summed E-state index contributed by atoms with van der Waals surface area (Å²) < 4.78 is 43.8. The summed E-state index contributed by atoms with van der Waals surface area (Å²) in [5.41, 5.74) is 2.22. The second-order valence-corrected chi connectivity index (χ2v) is 34.3. The van der Waals surface area contributed by atoms with Crippen LogP contribution in [0.2, 0.25) is 29.9 Å². The predicted molar refractivity (Wildman–Crippen MR) is 210 cm³/mol. The van der Waals surface area contributed by atoms with Gasteiger partial charge < -0.3 is 0 Å². The van der Waals surface area contributed by atoms with E-state index in [-0.39, 0.29) is 23.7 Å². The number of ketones is 1. The number of ether oxygens (including phenoxy) is 5. The second-order valence-electron chi connectivity index (χ2n) is 15.9. The van der Waals surface area contributed by atoms with Crippen LogP contribution in [0, 0.1) is 11.8 Å². The minimum absolute atomic E-state index is 0.209. The van der Waals surface area contributed by atoms with Crippen molar-refractivity contribution in [1.82, 2.24) is 0 Å². The number of hydrogen-bond donors (Lipinski definition) is 0. The van der Waals surface area contributed by atoms with Gasteiger partial charge in [0.2, 0.25) is 0 Å². The molecule has 0 radical (unpaired) electrons. The molecule has 286 valence electrons. The zero-order valence-corrected chi connectivity index (χ0v) is 38.1. The quantitative estimate of drug-likeness (QED) is 0.0903. The van der Waals surface area contributed by atoms with Crippen LogP contribution in [0.1, 0.15) is 119 Å². The Balaban J connectivity index is 2.53. The first kappa shape index (κ1) is 43.3. The van der Waals surface area contributed by atoms with Gasteiger partial charge in [0.05, 0.1) is 0 Å². The molecule has 7 nitrogen and oxygen atoms in total. The summed E-state index contributed by atoms with van der Waals surface area (Å²) in [6.45, 7) is 20.8. The van der Waals surface area contributed by atoms with E-state index in [0.717, 1.165) is 53.4 Å². The maximum absolute atomic E-state index is 15.6. The van der Waals surface area contributed by atoms with Crippen molar-refractivity contribution < 1.29 is 32.9 Å². The van der Waals surface area contributed by atoms with Gasteiger partial charge in [-0.15, -0.1) is 0 Å². The molecule has 0 amide bonds. The molecule has 0 N–H and O–H groups in total. The SMILES string of the molecule is CCC[CH2][Sn]([CH2]CCC)([CH2]CCC)[C]1=C(OC)[C@H]2[C@H](c3ccc(OC)c(OC)c3)[C@@H](O[Si](C(C)C)(C(C)C)C(C)C)C[C@@H](C1=O)C2(OC)OC. The van der Waals surface area contributed by atoms with Crippen LogP contribution in [-0.2, 0) is 23.4 Å². The van der Waals surface area contributed by atoms with Gasteiger partial charge in [0.15, 0.2) is 0 Å². The molecule has 4 atom stereocenters. The molecule has 9 heteroatoms. The number of methoxy groups -OCH3 is 5. The Hall–Kier alpha value is -1.07. The van der Waals surface area contributed by atoms with Crippen molar-refractivity contribution >= 4 is 32.5 Å². The molecular weight excluding hydrogens is 751 g/mol. The minimum atomic E-state index is -3.37. The van der Waals surface area contributed by atoms with E-state index in [9.17, 15) is 0 Å². The summed E-state index contributed by atoms with van der Waals surface area (Å²) in [7, 11) is 6.15. The summed E-state index contributed by atoms with van der Waals surface area (Å²) in [6.07, 6.45) is 7.14. The Morgan fingerprint density at radius 2 is 1.26 bits per heavy atom. The molecule has 1 saturated carbocycles. The molecule has 0 spiro atoms. The monoisotopic (exact) mass is 824 g/mol. The van der Waals surface area contributed by atoms with Crippen LogP contribution in [0.4, 0.5) is 0 Å². The molecule has 3 rings (SSSR count). The molecule has 2 aliphatic carbocycles. The first-order valence-electron chi connectivity index (χ1n) is 19.6. The number of unbranched alkanes of at least 4 members (excludes halogenated alkanes) is 3. The molecule has 0 saturated heterocycles. The van der Waals surface area contributed by atoms with Crippen LogP contribution in [-0.4, -0.2) is 79.9 Å². The molecule has 2 bridgehead atoms. The Labute approximate surface area is 310 Å². The standard InChI is InChI=1S/C29H45O7Si.3C4H9.Sn/c1-17(2)37(18(3)4,19(5)6)36-25-15-21-22(30)16-26(33-9)28(29(21,34-10)35-11)27(25)20-12-13-23(31-7)24(14-20)32-8;3*1-3-4-2;/h12-14,17-19,21,25,27-28H,15H2,1-11H3;3*1,3-4H2,2H3;/t21-,25-,27+,28-;;;;/m0..../s1. The average molecular weight is 824 g/mol. The van der Waals surface area contributed by atoms with Crippen LogP contribution >= 0.6 is 0 Å². The van der Waals surface area contributed by atoms with Gasteiger partial charge in [-0.3, -0.25) is 0 Å². The van der Waals surface area contributed by atoms with E-state index in [1.54, 1.807) is 35.5 Å². The number of allylic oxidation sites excluding steroid dienone is 1. The predicted octanol–water partition coefficient (Wildman–Crippen LogP) is 10.8. The van der Waals surface area contributed by atoms with E-state index in [1.807, 2.05) is 6.07 Å². The second kappa shape index (κ2) is 18.8. The van der Waals surface area contributed by atoms with E-state index >= 15 is 4.79 Å². The topological polar surface area (TPSA) is 72.5 Å². The summed E-state index contributed by atoms with van der Waals surface area (Å²) in [5.74, 6) is 0.105. The molecule has 0 aliphatic heterocycles. The van der Waals surface area contributed by atoms with Gasteiger partial charge in [0, 0.05) is 0 Å². The third kappa shape index (κ3) is 7.90. The molecule has 1 fully saturated rings. The average Bonchev–Trinajstić information content (AvgIpc) is 3.10. The van der Waals surface area contributed by atoms with Crippen molar-refractivity contribution in [2.75, 3.05) is 35.5 Å². The Morgan fingerprint density at radius 1 is 0.760 bits per heavy atom. The van der Waals surface area contributed by atoms with Gasteiger partial charge in [0.25, 0.3) is 0 Å².